The standard InChI is InChI=1S/C13H19NO/c1-13(8-5-9-14-11-13)15-10-12-6-3-2-4-7-12/h2-4,6-7,14H,5,8-11H2,1H3. The second-order valence-electron chi connectivity index (χ2n) is 4.50. The van der Waals surface area contributed by atoms with E-state index < -0.39 is 0 Å². The van der Waals surface area contributed by atoms with E-state index >= 15 is 0 Å². The van der Waals surface area contributed by atoms with E-state index in [1.165, 1.54) is 12.0 Å². The van der Waals surface area contributed by atoms with E-state index in [-0.39, 0.29) is 5.60 Å². The van der Waals surface area contributed by atoms with Crippen molar-refractivity contribution in [3.05, 3.63) is 35.9 Å². The first-order chi connectivity index (χ1) is 7.29. The Morgan fingerprint density at radius 1 is 1.33 bits per heavy atom. The SMILES string of the molecule is CC1(OCc2ccccc2)CCCNC1. The maximum absolute atomic E-state index is 5.99. The summed E-state index contributed by atoms with van der Waals surface area (Å²) in [6.07, 6.45) is 2.37. The zero-order valence-corrected chi connectivity index (χ0v) is 9.33. The van der Waals surface area contributed by atoms with Crippen LogP contribution in [-0.4, -0.2) is 18.7 Å². The molecular weight excluding hydrogens is 186 g/mol. The van der Waals surface area contributed by atoms with Crippen molar-refractivity contribution in [3.63, 3.8) is 0 Å². The molecule has 0 aromatic heterocycles. The van der Waals surface area contributed by atoms with Crippen LogP contribution in [0.3, 0.4) is 0 Å². The average Bonchev–Trinajstić information content (AvgIpc) is 2.29. The molecule has 0 radical (unpaired) electrons. The minimum Gasteiger partial charge on any atom is -0.369 e. The minimum absolute atomic E-state index is 0.0219. The Balaban J connectivity index is 1.87. The van der Waals surface area contributed by atoms with Crippen LogP contribution in [0, 0.1) is 0 Å². The van der Waals surface area contributed by atoms with Crippen LogP contribution in [0.2, 0.25) is 0 Å². The third-order valence-electron chi connectivity index (χ3n) is 2.99. The number of hydrogen-bond donors (Lipinski definition) is 1. The highest BCUT2D eigenvalue weighted by Gasteiger charge is 2.27. The monoisotopic (exact) mass is 205 g/mol. The van der Waals surface area contributed by atoms with Crippen LogP contribution < -0.4 is 5.32 Å². The molecule has 2 rings (SSSR count). The van der Waals surface area contributed by atoms with Gasteiger partial charge in [-0.2, -0.15) is 0 Å². The Labute approximate surface area is 91.6 Å². The van der Waals surface area contributed by atoms with Crippen LogP contribution in [0.25, 0.3) is 0 Å². The molecule has 1 aromatic carbocycles. The van der Waals surface area contributed by atoms with Crippen molar-refractivity contribution in [2.24, 2.45) is 0 Å². The number of benzene rings is 1. The molecule has 1 saturated heterocycles. The lowest BCUT2D eigenvalue weighted by molar-refractivity contribution is -0.0571. The predicted molar refractivity (Wildman–Crippen MR) is 61.7 cm³/mol. The fraction of sp³-hybridized carbons (Fsp3) is 0.538. The smallest absolute Gasteiger partial charge is 0.0783 e. The highest BCUT2D eigenvalue weighted by Crippen LogP contribution is 2.21. The molecule has 1 aromatic rings. The summed E-state index contributed by atoms with van der Waals surface area (Å²) in [7, 11) is 0. The highest BCUT2D eigenvalue weighted by atomic mass is 16.5. The number of hydrogen-bond acceptors (Lipinski definition) is 2. The summed E-state index contributed by atoms with van der Waals surface area (Å²) in [5, 5.41) is 3.39. The van der Waals surface area contributed by atoms with Crippen LogP contribution in [0.15, 0.2) is 30.3 Å². The second kappa shape index (κ2) is 4.77. The molecule has 1 fully saturated rings. The molecule has 15 heavy (non-hydrogen) atoms. The topological polar surface area (TPSA) is 21.3 Å². The van der Waals surface area contributed by atoms with Crippen molar-refractivity contribution in [1.82, 2.24) is 5.32 Å². The number of piperidine rings is 1. The summed E-state index contributed by atoms with van der Waals surface area (Å²) in [5.41, 5.74) is 1.28. The summed E-state index contributed by atoms with van der Waals surface area (Å²) in [4.78, 5) is 0. The van der Waals surface area contributed by atoms with Gasteiger partial charge in [0.15, 0.2) is 0 Å². The minimum atomic E-state index is 0.0219. The van der Waals surface area contributed by atoms with Gasteiger partial charge < -0.3 is 10.1 Å². The summed E-state index contributed by atoms with van der Waals surface area (Å²) >= 11 is 0. The number of nitrogens with one attached hydrogen (secondary N) is 1. The third kappa shape index (κ3) is 3.05. The van der Waals surface area contributed by atoms with Crippen LogP contribution >= 0.6 is 0 Å². The Bertz CT molecular complexity index is 291. The van der Waals surface area contributed by atoms with Crippen LogP contribution in [0.5, 0.6) is 0 Å². The van der Waals surface area contributed by atoms with Gasteiger partial charge >= 0.3 is 0 Å². The Morgan fingerprint density at radius 3 is 2.80 bits per heavy atom. The van der Waals surface area contributed by atoms with Gasteiger partial charge in [0.05, 0.1) is 12.2 Å². The maximum Gasteiger partial charge on any atom is 0.0783 e. The van der Waals surface area contributed by atoms with Crippen LogP contribution in [0.4, 0.5) is 0 Å². The first-order valence-electron chi connectivity index (χ1n) is 5.67. The molecule has 1 aliphatic rings. The molecule has 2 heteroatoms. The van der Waals surface area contributed by atoms with Gasteiger partial charge in [0.25, 0.3) is 0 Å². The molecule has 1 atom stereocenters. The van der Waals surface area contributed by atoms with Crippen molar-refractivity contribution in [1.29, 1.82) is 0 Å². The first kappa shape index (κ1) is 10.7. The van der Waals surface area contributed by atoms with E-state index in [4.69, 9.17) is 4.74 Å². The Kier molecular flexibility index (Phi) is 3.39. The van der Waals surface area contributed by atoms with Gasteiger partial charge in [0, 0.05) is 6.54 Å². The van der Waals surface area contributed by atoms with E-state index in [9.17, 15) is 0 Å². The predicted octanol–water partition coefficient (Wildman–Crippen LogP) is 2.35. The van der Waals surface area contributed by atoms with Crippen LogP contribution in [-0.2, 0) is 11.3 Å². The molecule has 1 unspecified atom stereocenters. The van der Waals surface area contributed by atoms with E-state index in [0.29, 0.717) is 0 Å². The van der Waals surface area contributed by atoms with Gasteiger partial charge in [-0.3, -0.25) is 0 Å². The van der Waals surface area contributed by atoms with Crippen LogP contribution in [0.1, 0.15) is 25.3 Å². The molecule has 0 amide bonds. The van der Waals surface area contributed by atoms with E-state index in [1.54, 1.807) is 0 Å². The van der Waals surface area contributed by atoms with Gasteiger partial charge in [-0.15, -0.1) is 0 Å². The fourth-order valence-corrected chi connectivity index (χ4v) is 1.98. The van der Waals surface area contributed by atoms with Crippen molar-refractivity contribution >= 4 is 0 Å². The average molecular weight is 205 g/mol. The third-order valence-corrected chi connectivity index (χ3v) is 2.99. The maximum atomic E-state index is 5.99. The molecular formula is C13H19NO. The lowest BCUT2D eigenvalue weighted by atomic mass is 9.96. The lowest BCUT2D eigenvalue weighted by Gasteiger charge is -2.34. The first-order valence-corrected chi connectivity index (χ1v) is 5.67. The van der Waals surface area contributed by atoms with Gasteiger partial charge in [0.2, 0.25) is 0 Å². The highest BCUT2D eigenvalue weighted by molar-refractivity contribution is 5.13. The molecule has 1 heterocycles. The van der Waals surface area contributed by atoms with E-state index in [1.807, 2.05) is 6.07 Å². The molecule has 0 spiro atoms. The summed E-state index contributed by atoms with van der Waals surface area (Å²) < 4.78 is 5.99. The normalized spacial score (nSPS) is 26.5. The molecule has 0 bridgehead atoms. The van der Waals surface area contributed by atoms with Gasteiger partial charge in [-0.25, -0.2) is 0 Å². The van der Waals surface area contributed by atoms with Gasteiger partial charge in [-0.05, 0) is 31.9 Å². The lowest BCUT2D eigenvalue weighted by Crippen LogP contribution is -2.45. The number of rotatable bonds is 3. The van der Waals surface area contributed by atoms with E-state index in [2.05, 4.69) is 36.5 Å². The molecule has 0 saturated carbocycles. The Hall–Kier alpha value is -0.860. The van der Waals surface area contributed by atoms with Crippen molar-refractivity contribution < 1.29 is 4.74 Å². The van der Waals surface area contributed by atoms with Crippen molar-refractivity contribution in [2.45, 2.75) is 32.0 Å². The molecule has 1 N–H and O–H groups in total. The Morgan fingerprint density at radius 2 is 2.13 bits per heavy atom. The largest absolute Gasteiger partial charge is 0.369 e. The molecule has 82 valence electrons. The summed E-state index contributed by atoms with van der Waals surface area (Å²) in [5.74, 6) is 0. The summed E-state index contributed by atoms with van der Waals surface area (Å²) in [6.45, 7) is 5.02. The molecule has 2 nitrogen and oxygen atoms in total. The van der Waals surface area contributed by atoms with Gasteiger partial charge in [0.1, 0.15) is 0 Å². The molecule has 1 aliphatic heterocycles. The zero-order valence-electron chi connectivity index (χ0n) is 9.33. The van der Waals surface area contributed by atoms with Crippen molar-refractivity contribution in [2.75, 3.05) is 13.1 Å². The van der Waals surface area contributed by atoms with E-state index in [0.717, 1.165) is 26.1 Å². The number of ether oxygens (including phenoxy) is 1. The second-order valence-corrected chi connectivity index (χ2v) is 4.50. The quantitative estimate of drug-likeness (QED) is 0.818. The van der Waals surface area contributed by atoms with Crippen molar-refractivity contribution in [3.8, 4) is 0 Å². The zero-order chi connectivity index (χ0) is 10.6. The van der Waals surface area contributed by atoms with Gasteiger partial charge in [-0.1, -0.05) is 30.3 Å². The fourth-order valence-electron chi connectivity index (χ4n) is 1.98. The molecule has 0 aliphatic carbocycles. The summed E-state index contributed by atoms with van der Waals surface area (Å²) in [6, 6.07) is 10.4.